The molecule has 0 spiro atoms. The van der Waals surface area contributed by atoms with Crippen LogP contribution in [-0.4, -0.2) is 28.5 Å². The fourth-order valence-corrected chi connectivity index (χ4v) is 1.38. The van der Waals surface area contributed by atoms with Crippen LogP contribution in [0.1, 0.15) is 33.1 Å². The van der Waals surface area contributed by atoms with Gasteiger partial charge in [0.25, 0.3) is 0 Å². The van der Waals surface area contributed by atoms with Crippen molar-refractivity contribution in [3.63, 3.8) is 0 Å². The molecule has 0 radical (unpaired) electrons. The molecule has 1 heterocycles. The van der Waals surface area contributed by atoms with Crippen molar-refractivity contribution in [3.8, 4) is 5.88 Å². The molecule has 1 unspecified atom stereocenters. The first kappa shape index (κ1) is 14.0. The monoisotopic (exact) mass is 257 g/mol. The summed E-state index contributed by atoms with van der Waals surface area (Å²) in [6, 6.07) is 0. The molecule has 1 rings (SSSR count). The minimum atomic E-state index is 0.218. The molecule has 0 saturated heterocycles. The van der Waals surface area contributed by atoms with Crippen molar-refractivity contribution in [2.24, 2.45) is 0 Å². The average molecular weight is 258 g/mol. The smallest absolute Gasteiger partial charge is 0.234 e. The standard InChI is InChI=1S/C12H20ClN3O/c1-3-7-17-12-9-14-8-11(16-12)15-6-5-10(13)4-2/h8-10H,3-7H2,1-2H3,(H,15,16). The zero-order valence-corrected chi connectivity index (χ0v) is 11.2. The number of aromatic nitrogens is 2. The van der Waals surface area contributed by atoms with Crippen LogP contribution in [0.3, 0.4) is 0 Å². The second kappa shape index (κ2) is 8.12. The number of rotatable bonds is 8. The molecule has 96 valence electrons. The van der Waals surface area contributed by atoms with Gasteiger partial charge in [0, 0.05) is 11.9 Å². The molecule has 0 saturated carbocycles. The van der Waals surface area contributed by atoms with E-state index in [2.05, 4.69) is 29.1 Å². The highest BCUT2D eigenvalue weighted by Gasteiger charge is 2.02. The maximum absolute atomic E-state index is 6.03. The van der Waals surface area contributed by atoms with Crippen molar-refractivity contribution < 1.29 is 4.74 Å². The minimum Gasteiger partial charge on any atom is -0.477 e. The molecule has 1 N–H and O–H groups in total. The van der Waals surface area contributed by atoms with E-state index in [9.17, 15) is 0 Å². The summed E-state index contributed by atoms with van der Waals surface area (Å²) in [6.07, 6.45) is 6.17. The van der Waals surface area contributed by atoms with Crippen LogP contribution in [0.2, 0.25) is 0 Å². The van der Waals surface area contributed by atoms with Gasteiger partial charge in [0.1, 0.15) is 5.82 Å². The van der Waals surface area contributed by atoms with Gasteiger partial charge in [-0.05, 0) is 19.3 Å². The zero-order valence-electron chi connectivity index (χ0n) is 10.4. The Kier molecular flexibility index (Phi) is 6.70. The Balaban J connectivity index is 2.37. The number of nitrogens with zero attached hydrogens (tertiary/aromatic N) is 2. The van der Waals surface area contributed by atoms with Crippen LogP contribution >= 0.6 is 11.6 Å². The fraction of sp³-hybridized carbons (Fsp3) is 0.667. The second-order valence-electron chi connectivity index (χ2n) is 3.81. The molecule has 0 aliphatic carbocycles. The van der Waals surface area contributed by atoms with E-state index in [1.54, 1.807) is 12.4 Å². The Morgan fingerprint density at radius 3 is 2.94 bits per heavy atom. The molecule has 0 amide bonds. The molecule has 0 aliphatic rings. The van der Waals surface area contributed by atoms with E-state index in [0.29, 0.717) is 12.5 Å². The Morgan fingerprint density at radius 1 is 1.41 bits per heavy atom. The van der Waals surface area contributed by atoms with Gasteiger partial charge in [-0.2, -0.15) is 4.98 Å². The Hall–Kier alpha value is -1.03. The normalized spacial score (nSPS) is 12.2. The van der Waals surface area contributed by atoms with Gasteiger partial charge >= 0.3 is 0 Å². The highest BCUT2D eigenvalue weighted by atomic mass is 35.5. The van der Waals surface area contributed by atoms with Crippen molar-refractivity contribution in [1.29, 1.82) is 0 Å². The molecule has 0 aromatic carbocycles. The molecular formula is C12H20ClN3O. The van der Waals surface area contributed by atoms with Gasteiger partial charge in [-0.1, -0.05) is 13.8 Å². The molecule has 1 aromatic rings. The highest BCUT2D eigenvalue weighted by molar-refractivity contribution is 6.20. The highest BCUT2D eigenvalue weighted by Crippen LogP contribution is 2.11. The van der Waals surface area contributed by atoms with Gasteiger partial charge < -0.3 is 10.1 Å². The van der Waals surface area contributed by atoms with Gasteiger partial charge in [0.05, 0.1) is 19.0 Å². The maximum Gasteiger partial charge on any atom is 0.234 e. The molecule has 1 aromatic heterocycles. The van der Waals surface area contributed by atoms with E-state index >= 15 is 0 Å². The van der Waals surface area contributed by atoms with Crippen LogP contribution in [0.4, 0.5) is 5.82 Å². The Labute approximate surface area is 108 Å². The summed E-state index contributed by atoms with van der Waals surface area (Å²) in [5.74, 6) is 1.30. The number of hydrogen-bond donors (Lipinski definition) is 1. The molecule has 0 aliphatic heterocycles. The van der Waals surface area contributed by atoms with Gasteiger partial charge in [-0.15, -0.1) is 11.6 Å². The van der Waals surface area contributed by atoms with E-state index < -0.39 is 0 Å². The summed E-state index contributed by atoms with van der Waals surface area (Å²) in [4.78, 5) is 8.37. The summed E-state index contributed by atoms with van der Waals surface area (Å²) in [6.45, 7) is 5.60. The minimum absolute atomic E-state index is 0.218. The van der Waals surface area contributed by atoms with Gasteiger partial charge in [0.2, 0.25) is 5.88 Å². The van der Waals surface area contributed by atoms with E-state index in [0.717, 1.165) is 31.6 Å². The lowest BCUT2D eigenvalue weighted by molar-refractivity contribution is 0.304. The number of nitrogens with one attached hydrogen (secondary N) is 1. The fourth-order valence-electron chi connectivity index (χ4n) is 1.27. The van der Waals surface area contributed by atoms with Crippen molar-refractivity contribution in [1.82, 2.24) is 9.97 Å². The van der Waals surface area contributed by atoms with E-state index in [-0.39, 0.29) is 5.38 Å². The molecule has 1 atom stereocenters. The predicted molar refractivity (Wildman–Crippen MR) is 70.9 cm³/mol. The van der Waals surface area contributed by atoms with Crippen molar-refractivity contribution in [3.05, 3.63) is 12.4 Å². The average Bonchev–Trinajstić information content (AvgIpc) is 2.36. The Morgan fingerprint density at radius 2 is 2.24 bits per heavy atom. The lowest BCUT2D eigenvalue weighted by atomic mass is 10.2. The largest absolute Gasteiger partial charge is 0.477 e. The summed E-state index contributed by atoms with van der Waals surface area (Å²) in [7, 11) is 0. The molecular weight excluding hydrogens is 238 g/mol. The summed E-state index contributed by atoms with van der Waals surface area (Å²) >= 11 is 6.03. The summed E-state index contributed by atoms with van der Waals surface area (Å²) in [5, 5.41) is 3.41. The SMILES string of the molecule is CCCOc1cncc(NCCC(Cl)CC)n1. The zero-order chi connectivity index (χ0) is 12.5. The van der Waals surface area contributed by atoms with E-state index in [1.807, 2.05) is 0 Å². The first-order chi connectivity index (χ1) is 8.26. The third-order valence-electron chi connectivity index (χ3n) is 2.27. The van der Waals surface area contributed by atoms with Crippen molar-refractivity contribution in [2.75, 3.05) is 18.5 Å². The first-order valence-corrected chi connectivity index (χ1v) is 6.52. The Bertz CT molecular complexity index is 322. The number of halogens is 1. The number of hydrogen-bond acceptors (Lipinski definition) is 4. The van der Waals surface area contributed by atoms with Crippen LogP contribution < -0.4 is 10.1 Å². The van der Waals surface area contributed by atoms with Crippen LogP contribution in [0.25, 0.3) is 0 Å². The van der Waals surface area contributed by atoms with Crippen LogP contribution in [-0.2, 0) is 0 Å². The molecule has 5 heteroatoms. The van der Waals surface area contributed by atoms with Crippen LogP contribution in [0.15, 0.2) is 12.4 Å². The number of anilines is 1. The lowest BCUT2D eigenvalue weighted by Crippen LogP contribution is -2.09. The molecule has 0 bridgehead atoms. The van der Waals surface area contributed by atoms with E-state index in [1.165, 1.54) is 0 Å². The third-order valence-corrected chi connectivity index (χ3v) is 2.80. The van der Waals surface area contributed by atoms with Gasteiger partial charge in [0.15, 0.2) is 0 Å². The first-order valence-electron chi connectivity index (χ1n) is 6.09. The third kappa shape index (κ3) is 5.73. The number of ether oxygens (including phenoxy) is 1. The molecule has 17 heavy (non-hydrogen) atoms. The van der Waals surface area contributed by atoms with Gasteiger partial charge in [-0.25, -0.2) is 0 Å². The topological polar surface area (TPSA) is 47.0 Å². The van der Waals surface area contributed by atoms with Crippen molar-refractivity contribution in [2.45, 2.75) is 38.5 Å². The quantitative estimate of drug-likeness (QED) is 0.727. The molecule has 4 nitrogen and oxygen atoms in total. The second-order valence-corrected chi connectivity index (χ2v) is 4.43. The van der Waals surface area contributed by atoms with Crippen LogP contribution in [0, 0.1) is 0 Å². The van der Waals surface area contributed by atoms with Crippen molar-refractivity contribution >= 4 is 17.4 Å². The molecule has 0 fully saturated rings. The predicted octanol–water partition coefficient (Wildman–Crippen LogP) is 3.08. The number of alkyl halides is 1. The lowest BCUT2D eigenvalue weighted by Gasteiger charge is -2.09. The van der Waals surface area contributed by atoms with Crippen LogP contribution in [0.5, 0.6) is 5.88 Å². The van der Waals surface area contributed by atoms with E-state index in [4.69, 9.17) is 16.3 Å². The summed E-state index contributed by atoms with van der Waals surface area (Å²) in [5.41, 5.74) is 0. The van der Waals surface area contributed by atoms with Gasteiger partial charge in [-0.3, -0.25) is 4.98 Å². The summed E-state index contributed by atoms with van der Waals surface area (Å²) < 4.78 is 5.40. The maximum atomic E-state index is 6.03.